The zero-order chi connectivity index (χ0) is 14.6. The van der Waals surface area contributed by atoms with Crippen LogP contribution in [0.4, 0.5) is 17.6 Å². The van der Waals surface area contributed by atoms with Crippen molar-refractivity contribution >= 4 is 0 Å². The van der Waals surface area contributed by atoms with Gasteiger partial charge >= 0.3 is 6.18 Å². The number of hydrogen-bond acceptors (Lipinski definition) is 3. The first kappa shape index (κ1) is 15.9. The van der Waals surface area contributed by atoms with E-state index in [1.54, 1.807) is 7.05 Å². The van der Waals surface area contributed by atoms with Gasteiger partial charge in [0.1, 0.15) is 11.9 Å². The van der Waals surface area contributed by atoms with Crippen molar-refractivity contribution in [2.24, 2.45) is 0 Å². The molecule has 1 aromatic rings. The Kier molecular flexibility index (Phi) is 5.28. The van der Waals surface area contributed by atoms with Crippen molar-refractivity contribution in [1.29, 1.82) is 0 Å². The second kappa shape index (κ2) is 6.31. The van der Waals surface area contributed by atoms with E-state index in [0.29, 0.717) is 18.7 Å². The second-order valence-corrected chi connectivity index (χ2v) is 4.18. The minimum atomic E-state index is -4.70. The quantitative estimate of drug-likeness (QED) is 0.722. The molecule has 7 heteroatoms. The summed E-state index contributed by atoms with van der Waals surface area (Å²) in [6.07, 6.45) is -7.40. The summed E-state index contributed by atoms with van der Waals surface area (Å²) in [6.45, 7) is 0.375. The minimum Gasteiger partial charge on any atom is -0.390 e. The molecular formula is C12H15F4NO2. The molecule has 0 amide bonds. The van der Waals surface area contributed by atoms with Crippen LogP contribution >= 0.6 is 0 Å². The van der Waals surface area contributed by atoms with Gasteiger partial charge in [-0.1, -0.05) is 0 Å². The predicted molar refractivity (Wildman–Crippen MR) is 60.9 cm³/mol. The van der Waals surface area contributed by atoms with Crippen LogP contribution in [-0.2, 0) is 6.18 Å². The Morgan fingerprint density at radius 3 is 2.37 bits per heavy atom. The maximum absolute atomic E-state index is 13.1. The maximum atomic E-state index is 13.1. The van der Waals surface area contributed by atoms with Gasteiger partial charge in [0.15, 0.2) is 0 Å². The van der Waals surface area contributed by atoms with E-state index < -0.39 is 29.8 Å². The Bertz CT molecular complexity index is 423. The lowest BCUT2D eigenvalue weighted by atomic mass is 9.99. The van der Waals surface area contributed by atoms with Crippen LogP contribution in [0.2, 0.25) is 0 Å². The van der Waals surface area contributed by atoms with E-state index in [2.05, 4.69) is 5.32 Å². The van der Waals surface area contributed by atoms with Crippen LogP contribution in [0.3, 0.4) is 0 Å². The van der Waals surface area contributed by atoms with Crippen molar-refractivity contribution < 1.29 is 27.8 Å². The van der Waals surface area contributed by atoms with Crippen molar-refractivity contribution in [2.75, 3.05) is 13.6 Å². The molecule has 1 aromatic carbocycles. The van der Waals surface area contributed by atoms with Crippen LogP contribution in [0.1, 0.15) is 23.7 Å². The fourth-order valence-electron chi connectivity index (χ4n) is 1.62. The number of aliphatic hydroxyl groups excluding tert-OH is 2. The topological polar surface area (TPSA) is 52.5 Å². The van der Waals surface area contributed by atoms with Gasteiger partial charge in [-0.25, -0.2) is 4.39 Å². The summed E-state index contributed by atoms with van der Waals surface area (Å²) in [5, 5.41) is 22.0. The molecule has 19 heavy (non-hydrogen) atoms. The fourth-order valence-corrected chi connectivity index (χ4v) is 1.62. The highest BCUT2D eigenvalue weighted by atomic mass is 19.4. The van der Waals surface area contributed by atoms with Crippen molar-refractivity contribution in [1.82, 2.24) is 5.32 Å². The van der Waals surface area contributed by atoms with E-state index >= 15 is 0 Å². The highest BCUT2D eigenvalue weighted by Gasteiger charge is 2.32. The van der Waals surface area contributed by atoms with Gasteiger partial charge in [-0.15, -0.1) is 0 Å². The zero-order valence-electron chi connectivity index (χ0n) is 10.2. The Hall–Kier alpha value is -1.18. The third kappa shape index (κ3) is 4.45. The van der Waals surface area contributed by atoms with E-state index in [-0.39, 0.29) is 12.0 Å². The van der Waals surface area contributed by atoms with E-state index in [1.807, 2.05) is 0 Å². The summed E-state index contributed by atoms with van der Waals surface area (Å²) in [5.41, 5.74) is -1.49. The lowest BCUT2D eigenvalue weighted by Gasteiger charge is -2.19. The van der Waals surface area contributed by atoms with E-state index in [0.717, 1.165) is 6.07 Å². The van der Waals surface area contributed by atoms with Gasteiger partial charge in [0.25, 0.3) is 0 Å². The van der Waals surface area contributed by atoms with Crippen molar-refractivity contribution in [2.45, 2.75) is 24.8 Å². The van der Waals surface area contributed by atoms with Crippen LogP contribution in [0.15, 0.2) is 18.2 Å². The van der Waals surface area contributed by atoms with Gasteiger partial charge in [-0.2, -0.15) is 13.2 Å². The van der Waals surface area contributed by atoms with Crippen LogP contribution in [0.5, 0.6) is 0 Å². The largest absolute Gasteiger partial charge is 0.416 e. The second-order valence-electron chi connectivity index (χ2n) is 4.18. The summed E-state index contributed by atoms with van der Waals surface area (Å²) in [5.74, 6) is -1.11. The van der Waals surface area contributed by atoms with Gasteiger partial charge in [0.2, 0.25) is 0 Å². The van der Waals surface area contributed by atoms with Crippen LogP contribution in [0, 0.1) is 5.82 Å². The summed E-state index contributed by atoms with van der Waals surface area (Å²) in [6, 6.07) is 1.76. The summed E-state index contributed by atoms with van der Waals surface area (Å²) < 4.78 is 50.6. The number of halogens is 4. The first-order chi connectivity index (χ1) is 8.75. The average Bonchev–Trinajstić information content (AvgIpc) is 2.33. The third-order valence-corrected chi connectivity index (χ3v) is 2.64. The van der Waals surface area contributed by atoms with Crippen LogP contribution < -0.4 is 5.32 Å². The molecule has 0 saturated carbocycles. The fraction of sp³-hybridized carbons (Fsp3) is 0.500. The van der Waals surface area contributed by atoms with Gasteiger partial charge in [-0.05, 0) is 43.8 Å². The lowest BCUT2D eigenvalue weighted by molar-refractivity contribution is -0.137. The van der Waals surface area contributed by atoms with Crippen molar-refractivity contribution in [3.05, 3.63) is 35.1 Å². The predicted octanol–water partition coefficient (Wildman–Crippen LogP) is 1.85. The number of rotatable bonds is 5. The molecule has 0 heterocycles. The molecule has 0 aliphatic heterocycles. The molecule has 2 unspecified atom stereocenters. The highest BCUT2D eigenvalue weighted by Crippen LogP contribution is 2.32. The van der Waals surface area contributed by atoms with Crippen molar-refractivity contribution in [3.8, 4) is 0 Å². The Labute approximate surface area is 107 Å². The molecule has 0 aliphatic carbocycles. The van der Waals surface area contributed by atoms with Gasteiger partial charge in [0.05, 0.1) is 11.7 Å². The standard InChI is InChI=1S/C12H15F4NO2/c1-17-3-2-10(18)11(19)7-4-8(12(14,15)16)6-9(13)5-7/h4-6,10-11,17-19H,2-3H2,1H3. The number of aliphatic hydroxyl groups is 2. The van der Waals surface area contributed by atoms with E-state index in [4.69, 9.17) is 0 Å². The van der Waals surface area contributed by atoms with Gasteiger partial charge in [-0.3, -0.25) is 0 Å². The molecule has 2 atom stereocenters. The van der Waals surface area contributed by atoms with E-state index in [9.17, 15) is 27.8 Å². The monoisotopic (exact) mass is 281 g/mol. The molecule has 1 rings (SSSR count). The molecule has 108 valence electrons. The summed E-state index contributed by atoms with van der Waals surface area (Å²) >= 11 is 0. The number of hydrogen-bond donors (Lipinski definition) is 3. The molecule has 0 spiro atoms. The third-order valence-electron chi connectivity index (χ3n) is 2.64. The summed E-state index contributed by atoms with van der Waals surface area (Å²) in [4.78, 5) is 0. The molecule has 3 nitrogen and oxygen atoms in total. The highest BCUT2D eigenvalue weighted by molar-refractivity contribution is 5.28. The average molecular weight is 281 g/mol. The van der Waals surface area contributed by atoms with Crippen molar-refractivity contribution in [3.63, 3.8) is 0 Å². The Balaban J connectivity index is 2.97. The van der Waals surface area contributed by atoms with Gasteiger partial charge < -0.3 is 15.5 Å². The molecular weight excluding hydrogens is 266 g/mol. The smallest absolute Gasteiger partial charge is 0.390 e. The first-order valence-electron chi connectivity index (χ1n) is 5.64. The van der Waals surface area contributed by atoms with Gasteiger partial charge in [0, 0.05) is 0 Å². The maximum Gasteiger partial charge on any atom is 0.416 e. The van der Waals surface area contributed by atoms with Crippen LogP contribution in [-0.4, -0.2) is 29.9 Å². The normalized spacial score (nSPS) is 15.3. The zero-order valence-corrected chi connectivity index (χ0v) is 10.2. The molecule has 0 bridgehead atoms. The van der Waals surface area contributed by atoms with Crippen LogP contribution in [0.25, 0.3) is 0 Å². The number of alkyl halides is 3. The summed E-state index contributed by atoms with van der Waals surface area (Å²) in [7, 11) is 1.63. The molecule has 0 radical (unpaired) electrons. The Morgan fingerprint density at radius 2 is 1.84 bits per heavy atom. The molecule has 3 N–H and O–H groups in total. The number of benzene rings is 1. The Morgan fingerprint density at radius 1 is 1.21 bits per heavy atom. The molecule has 0 aromatic heterocycles. The lowest BCUT2D eigenvalue weighted by Crippen LogP contribution is -2.23. The molecule has 0 saturated heterocycles. The first-order valence-corrected chi connectivity index (χ1v) is 5.64. The molecule has 0 aliphatic rings. The molecule has 0 fully saturated rings. The SMILES string of the molecule is CNCCC(O)C(O)c1cc(F)cc(C(F)(F)F)c1. The van der Waals surface area contributed by atoms with E-state index in [1.165, 1.54) is 0 Å². The number of nitrogens with one attached hydrogen (secondary N) is 1. The minimum absolute atomic E-state index is 0.134.